The summed E-state index contributed by atoms with van der Waals surface area (Å²) in [4.78, 5) is 0. The molecule has 2 aliphatic carbocycles. The van der Waals surface area contributed by atoms with Crippen LogP contribution in [0.25, 0.3) is 0 Å². The topological polar surface area (TPSA) is 20.2 Å². The molecule has 2 rings (SSSR count). The van der Waals surface area contributed by atoms with Crippen LogP contribution in [0.4, 0.5) is 0 Å². The maximum atomic E-state index is 10.3. The van der Waals surface area contributed by atoms with Crippen molar-refractivity contribution in [3.8, 4) is 0 Å². The monoisotopic (exact) mass is 194 g/mol. The number of rotatable bonds is 0. The van der Waals surface area contributed by atoms with E-state index in [2.05, 4.69) is 33.8 Å². The number of hydrogen-bond donors (Lipinski definition) is 1. The Morgan fingerprint density at radius 1 is 1.29 bits per heavy atom. The van der Waals surface area contributed by atoms with Gasteiger partial charge in [0.05, 0.1) is 6.10 Å². The fourth-order valence-corrected chi connectivity index (χ4v) is 3.18. The van der Waals surface area contributed by atoms with Gasteiger partial charge in [-0.3, -0.25) is 0 Å². The van der Waals surface area contributed by atoms with Crippen LogP contribution in [0.1, 0.15) is 47.0 Å². The second-order valence-corrected chi connectivity index (χ2v) is 6.22. The molecule has 2 saturated carbocycles. The quantitative estimate of drug-likeness (QED) is 0.587. The second-order valence-electron chi connectivity index (χ2n) is 6.22. The van der Waals surface area contributed by atoms with Crippen LogP contribution in [0.2, 0.25) is 0 Å². The minimum atomic E-state index is -0.181. The van der Waals surface area contributed by atoms with E-state index in [0.29, 0.717) is 5.41 Å². The van der Waals surface area contributed by atoms with Crippen LogP contribution in [0.5, 0.6) is 0 Å². The van der Waals surface area contributed by atoms with Crippen LogP contribution in [-0.2, 0) is 0 Å². The predicted molar refractivity (Wildman–Crippen MR) is 59.0 cm³/mol. The smallest absolute Gasteiger partial charge is 0.0806 e. The van der Waals surface area contributed by atoms with Crippen molar-refractivity contribution in [2.45, 2.75) is 53.1 Å². The summed E-state index contributed by atoms with van der Waals surface area (Å²) < 4.78 is 0. The lowest BCUT2D eigenvalue weighted by atomic mass is 9.81. The van der Waals surface area contributed by atoms with Crippen LogP contribution >= 0.6 is 0 Å². The van der Waals surface area contributed by atoms with E-state index in [1.54, 1.807) is 0 Å². The molecule has 0 amide bonds. The normalized spacial score (nSPS) is 48.5. The van der Waals surface area contributed by atoms with E-state index in [-0.39, 0.29) is 11.5 Å². The molecule has 0 aliphatic heterocycles. The molecule has 0 heterocycles. The molecule has 1 N–H and O–H groups in total. The summed E-state index contributed by atoms with van der Waals surface area (Å²) in [5.74, 6) is 0.755. The third-order valence-electron chi connectivity index (χ3n) is 4.29. The molecule has 0 aromatic heterocycles. The first-order valence-electron chi connectivity index (χ1n) is 5.72. The molecule has 0 radical (unpaired) electrons. The van der Waals surface area contributed by atoms with Gasteiger partial charge in [0.25, 0.3) is 0 Å². The van der Waals surface area contributed by atoms with Crippen LogP contribution in [0.15, 0.2) is 11.6 Å². The Balaban J connectivity index is 2.30. The lowest BCUT2D eigenvalue weighted by molar-refractivity contribution is 0.128. The van der Waals surface area contributed by atoms with Crippen molar-refractivity contribution < 1.29 is 5.11 Å². The highest BCUT2D eigenvalue weighted by Crippen LogP contribution is 2.63. The maximum absolute atomic E-state index is 10.3. The molecule has 3 atom stereocenters. The third-order valence-corrected chi connectivity index (χ3v) is 4.29. The van der Waals surface area contributed by atoms with Gasteiger partial charge in [0.1, 0.15) is 0 Å². The average molecular weight is 194 g/mol. The molecule has 0 spiro atoms. The van der Waals surface area contributed by atoms with Crippen molar-refractivity contribution in [3.05, 3.63) is 11.6 Å². The fraction of sp³-hybridized carbons (Fsp3) is 0.846. The fourth-order valence-electron chi connectivity index (χ4n) is 3.18. The minimum absolute atomic E-state index is 0.181. The third kappa shape index (κ3) is 1.42. The van der Waals surface area contributed by atoms with Gasteiger partial charge in [-0.1, -0.05) is 26.8 Å². The first-order valence-corrected chi connectivity index (χ1v) is 5.72. The predicted octanol–water partition coefficient (Wildman–Crippen LogP) is 3.14. The van der Waals surface area contributed by atoms with Crippen LogP contribution in [0, 0.1) is 16.7 Å². The largest absolute Gasteiger partial charge is 0.388 e. The molecule has 80 valence electrons. The first-order chi connectivity index (χ1) is 6.39. The van der Waals surface area contributed by atoms with Gasteiger partial charge in [-0.05, 0) is 43.1 Å². The summed E-state index contributed by atoms with van der Waals surface area (Å²) >= 11 is 0. The Morgan fingerprint density at radius 3 is 2.50 bits per heavy atom. The van der Waals surface area contributed by atoms with Gasteiger partial charge >= 0.3 is 0 Å². The zero-order valence-corrected chi connectivity index (χ0v) is 9.80. The molecule has 3 unspecified atom stereocenters. The number of aliphatic hydroxyl groups excluding tert-OH is 1. The highest BCUT2D eigenvalue weighted by Gasteiger charge is 2.58. The van der Waals surface area contributed by atoms with Crippen LogP contribution in [0.3, 0.4) is 0 Å². The lowest BCUT2D eigenvalue weighted by Crippen LogP contribution is -2.22. The summed E-state index contributed by atoms with van der Waals surface area (Å²) in [6.45, 7) is 8.95. The number of allylic oxidation sites excluding steroid dienone is 1. The summed E-state index contributed by atoms with van der Waals surface area (Å²) in [7, 11) is 0. The molecule has 2 aliphatic rings. The van der Waals surface area contributed by atoms with Gasteiger partial charge in [0.15, 0.2) is 0 Å². The summed E-state index contributed by atoms with van der Waals surface area (Å²) in [6.07, 6.45) is 5.50. The summed E-state index contributed by atoms with van der Waals surface area (Å²) in [5, 5.41) is 10.3. The Bertz CT molecular complexity index is 277. The number of fused-ring (bicyclic) bond motifs is 1. The molecule has 0 bridgehead atoms. The molecule has 1 heteroatoms. The maximum Gasteiger partial charge on any atom is 0.0806 e. The van der Waals surface area contributed by atoms with E-state index in [4.69, 9.17) is 0 Å². The Hall–Kier alpha value is -0.300. The average Bonchev–Trinajstić information content (AvgIpc) is 2.71. The van der Waals surface area contributed by atoms with Crippen molar-refractivity contribution in [3.63, 3.8) is 0 Å². The zero-order valence-electron chi connectivity index (χ0n) is 9.80. The summed E-state index contributed by atoms with van der Waals surface area (Å²) in [5.41, 5.74) is 1.84. The molecule has 0 saturated heterocycles. The van der Waals surface area contributed by atoms with E-state index in [0.717, 1.165) is 12.3 Å². The molecule has 2 fully saturated rings. The van der Waals surface area contributed by atoms with E-state index in [1.165, 1.54) is 18.4 Å². The van der Waals surface area contributed by atoms with Crippen molar-refractivity contribution in [1.29, 1.82) is 0 Å². The number of hydrogen-bond acceptors (Lipinski definition) is 1. The SMILES string of the molecule is C/C=C1/CC(C)(C)CC2CC2(C)C1O. The van der Waals surface area contributed by atoms with Crippen molar-refractivity contribution >= 4 is 0 Å². The molecule has 14 heavy (non-hydrogen) atoms. The van der Waals surface area contributed by atoms with Gasteiger partial charge < -0.3 is 5.11 Å². The highest BCUT2D eigenvalue weighted by atomic mass is 16.3. The first kappa shape index (κ1) is 10.2. The van der Waals surface area contributed by atoms with Crippen molar-refractivity contribution in [1.82, 2.24) is 0 Å². The molecule has 1 nitrogen and oxygen atoms in total. The molecule has 0 aromatic carbocycles. The number of aliphatic hydroxyl groups is 1. The summed E-state index contributed by atoms with van der Waals surface area (Å²) in [6, 6.07) is 0. The van der Waals surface area contributed by atoms with E-state index in [9.17, 15) is 5.11 Å². The highest BCUT2D eigenvalue weighted by molar-refractivity contribution is 5.23. The molecular formula is C13H22O. The Kier molecular flexibility index (Phi) is 2.08. The zero-order chi connectivity index (χ0) is 10.6. The van der Waals surface area contributed by atoms with Gasteiger partial charge in [-0.25, -0.2) is 0 Å². The lowest BCUT2D eigenvalue weighted by Gasteiger charge is -2.25. The van der Waals surface area contributed by atoms with Gasteiger partial charge in [0.2, 0.25) is 0 Å². The second kappa shape index (κ2) is 2.85. The Morgan fingerprint density at radius 2 is 1.93 bits per heavy atom. The molecule has 0 aromatic rings. The van der Waals surface area contributed by atoms with E-state index >= 15 is 0 Å². The van der Waals surface area contributed by atoms with Crippen molar-refractivity contribution in [2.24, 2.45) is 16.7 Å². The van der Waals surface area contributed by atoms with Crippen molar-refractivity contribution in [2.75, 3.05) is 0 Å². The van der Waals surface area contributed by atoms with Gasteiger partial charge in [0, 0.05) is 5.41 Å². The van der Waals surface area contributed by atoms with E-state index < -0.39 is 0 Å². The Labute approximate surface area is 87.2 Å². The van der Waals surface area contributed by atoms with Gasteiger partial charge in [-0.2, -0.15) is 0 Å². The molecular weight excluding hydrogens is 172 g/mol. The van der Waals surface area contributed by atoms with E-state index in [1.807, 2.05) is 0 Å². The van der Waals surface area contributed by atoms with Crippen LogP contribution in [-0.4, -0.2) is 11.2 Å². The standard InChI is InChI=1S/C13H22O/c1-5-9-6-12(2,3)7-10-8-13(10,4)11(9)14/h5,10-11,14H,6-8H2,1-4H3/b9-5-. The minimum Gasteiger partial charge on any atom is -0.388 e. The van der Waals surface area contributed by atoms with Gasteiger partial charge in [-0.15, -0.1) is 0 Å². The van der Waals surface area contributed by atoms with Crippen LogP contribution < -0.4 is 0 Å².